The Hall–Kier alpha value is -1.49. The molecule has 0 heterocycles. The molecule has 13 heavy (non-hydrogen) atoms. The van der Waals surface area contributed by atoms with Gasteiger partial charge in [0.1, 0.15) is 11.8 Å². The normalized spacial score (nSPS) is 9.77. The molecule has 0 radical (unpaired) electrons. The van der Waals surface area contributed by atoms with Crippen LogP contribution in [0.15, 0.2) is 18.2 Å². The second-order valence-corrected chi connectivity index (χ2v) is 3.19. The Labute approximate surface area is 78.8 Å². The molecule has 0 aromatic heterocycles. The maximum Gasteiger partial charge on any atom is 0.136 e. The highest BCUT2D eigenvalue weighted by Gasteiger charge is 2.10. The minimum atomic E-state index is 0.352. The molecule has 0 aliphatic rings. The number of nitrogens with zero attached hydrogens (tertiary/aromatic N) is 1. The van der Waals surface area contributed by atoms with Gasteiger partial charge < -0.3 is 4.74 Å². The molecule has 1 aromatic rings. The average Bonchev–Trinajstić information content (AvgIpc) is 2.16. The van der Waals surface area contributed by atoms with E-state index in [9.17, 15) is 0 Å². The minimum Gasteiger partial charge on any atom is -0.495 e. The monoisotopic (exact) mass is 175 g/mol. The topological polar surface area (TPSA) is 33.0 Å². The van der Waals surface area contributed by atoms with Crippen molar-refractivity contribution in [1.29, 1.82) is 5.26 Å². The van der Waals surface area contributed by atoms with E-state index in [2.05, 4.69) is 19.9 Å². The summed E-state index contributed by atoms with van der Waals surface area (Å²) in [7, 11) is 1.58. The van der Waals surface area contributed by atoms with Gasteiger partial charge in [0.2, 0.25) is 0 Å². The summed E-state index contributed by atoms with van der Waals surface area (Å²) in [5, 5.41) is 8.95. The third-order valence-corrected chi connectivity index (χ3v) is 2.01. The van der Waals surface area contributed by atoms with Crippen molar-refractivity contribution >= 4 is 0 Å². The van der Waals surface area contributed by atoms with E-state index in [4.69, 9.17) is 10.00 Å². The van der Waals surface area contributed by atoms with Gasteiger partial charge in [0.05, 0.1) is 12.7 Å². The number of methoxy groups -OCH3 is 1. The minimum absolute atomic E-state index is 0.352. The molecule has 0 fully saturated rings. The van der Waals surface area contributed by atoms with E-state index in [1.807, 2.05) is 18.2 Å². The molecular weight excluding hydrogens is 162 g/mol. The van der Waals surface area contributed by atoms with Crippen molar-refractivity contribution < 1.29 is 4.74 Å². The molecule has 0 aliphatic carbocycles. The fourth-order valence-electron chi connectivity index (χ4n) is 1.32. The zero-order chi connectivity index (χ0) is 9.84. The van der Waals surface area contributed by atoms with Gasteiger partial charge in [-0.25, -0.2) is 0 Å². The molecule has 0 unspecified atom stereocenters. The van der Waals surface area contributed by atoms with Crippen LogP contribution in [0.25, 0.3) is 0 Å². The van der Waals surface area contributed by atoms with Gasteiger partial charge in [-0.1, -0.05) is 26.0 Å². The summed E-state index contributed by atoms with van der Waals surface area (Å²) in [6, 6.07) is 7.86. The molecule has 0 bridgehead atoms. The lowest BCUT2D eigenvalue weighted by molar-refractivity contribution is 0.412. The number of nitriles is 1. The van der Waals surface area contributed by atoms with Gasteiger partial charge in [-0.05, 0) is 17.5 Å². The smallest absolute Gasteiger partial charge is 0.136 e. The predicted octanol–water partition coefficient (Wildman–Crippen LogP) is 2.69. The van der Waals surface area contributed by atoms with Crippen LogP contribution in [0.2, 0.25) is 0 Å². The van der Waals surface area contributed by atoms with Crippen molar-refractivity contribution in [1.82, 2.24) is 0 Å². The van der Waals surface area contributed by atoms with Gasteiger partial charge in [0, 0.05) is 0 Å². The van der Waals surface area contributed by atoms with Crippen molar-refractivity contribution in [3.8, 4) is 11.8 Å². The molecule has 0 saturated heterocycles. The third kappa shape index (κ3) is 1.81. The molecule has 0 amide bonds. The maximum absolute atomic E-state index is 8.95. The van der Waals surface area contributed by atoms with Gasteiger partial charge >= 0.3 is 0 Å². The second kappa shape index (κ2) is 3.95. The standard InChI is InChI=1S/C11H13NO/c1-8(2)9-5-4-6-11(13-3)10(9)7-12/h4-6,8H,1-3H3. The van der Waals surface area contributed by atoms with Crippen LogP contribution in [-0.2, 0) is 0 Å². The average molecular weight is 175 g/mol. The quantitative estimate of drug-likeness (QED) is 0.692. The number of benzene rings is 1. The molecule has 1 rings (SSSR count). The summed E-state index contributed by atoms with van der Waals surface area (Å²) in [5.74, 6) is 1.01. The third-order valence-electron chi connectivity index (χ3n) is 2.01. The van der Waals surface area contributed by atoms with Crippen molar-refractivity contribution in [3.05, 3.63) is 29.3 Å². The molecule has 0 saturated carbocycles. The van der Waals surface area contributed by atoms with Crippen molar-refractivity contribution in [2.45, 2.75) is 19.8 Å². The van der Waals surface area contributed by atoms with E-state index in [1.165, 1.54) is 0 Å². The Morgan fingerprint density at radius 3 is 2.54 bits per heavy atom. The highest BCUT2D eigenvalue weighted by atomic mass is 16.5. The molecule has 0 aliphatic heterocycles. The van der Waals surface area contributed by atoms with Crippen LogP contribution in [0.3, 0.4) is 0 Å². The van der Waals surface area contributed by atoms with Crippen molar-refractivity contribution in [2.75, 3.05) is 7.11 Å². The number of ether oxygens (including phenoxy) is 1. The summed E-state index contributed by atoms with van der Waals surface area (Å²) in [6.45, 7) is 4.13. The lowest BCUT2D eigenvalue weighted by Gasteiger charge is -2.10. The zero-order valence-electron chi connectivity index (χ0n) is 8.16. The summed E-state index contributed by atoms with van der Waals surface area (Å²) in [6.07, 6.45) is 0. The molecule has 0 spiro atoms. The van der Waals surface area contributed by atoms with Gasteiger partial charge in [-0.3, -0.25) is 0 Å². The maximum atomic E-state index is 8.95. The predicted molar refractivity (Wildman–Crippen MR) is 51.8 cm³/mol. The van der Waals surface area contributed by atoms with Crippen LogP contribution in [0.1, 0.15) is 30.9 Å². The van der Waals surface area contributed by atoms with Crippen LogP contribution < -0.4 is 4.74 Å². The van der Waals surface area contributed by atoms with Gasteiger partial charge in [-0.15, -0.1) is 0 Å². The Morgan fingerprint density at radius 1 is 1.38 bits per heavy atom. The van der Waals surface area contributed by atoms with Crippen LogP contribution in [0.4, 0.5) is 0 Å². The first-order chi connectivity index (χ1) is 6.20. The van der Waals surface area contributed by atoms with E-state index < -0.39 is 0 Å². The Morgan fingerprint density at radius 2 is 2.08 bits per heavy atom. The lowest BCUT2D eigenvalue weighted by Crippen LogP contribution is -1.96. The second-order valence-electron chi connectivity index (χ2n) is 3.19. The van der Waals surface area contributed by atoms with Crippen LogP contribution in [0, 0.1) is 11.3 Å². The fourth-order valence-corrected chi connectivity index (χ4v) is 1.32. The molecule has 1 aromatic carbocycles. The van der Waals surface area contributed by atoms with Crippen LogP contribution >= 0.6 is 0 Å². The summed E-state index contributed by atoms with van der Waals surface area (Å²) in [4.78, 5) is 0. The Kier molecular flexibility index (Phi) is 2.92. The fraction of sp³-hybridized carbons (Fsp3) is 0.364. The first-order valence-corrected chi connectivity index (χ1v) is 4.27. The van der Waals surface area contributed by atoms with E-state index in [0.29, 0.717) is 17.2 Å². The van der Waals surface area contributed by atoms with Gasteiger partial charge in [-0.2, -0.15) is 5.26 Å². The first kappa shape index (κ1) is 9.60. The van der Waals surface area contributed by atoms with Crippen molar-refractivity contribution in [2.24, 2.45) is 0 Å². The number of rotatable bonds is 2. The lowest BCUT2D eigenvalue weighted by atomic mass is 9.97. The van der Waals surface area contributed by atoms with E-state index in [1.54, 1.807) is 7.11 Å². The molecule has 68 valence electrons. The van der Waals surface area contributed by atoms with Crippen LogP contribution in [0.5, 0.6) is 5.75 Å². The van der Waals surface area contributed by atoms with E-state index >= 15 is 0 Å². The molecule has 0 N–H and O–H groups in total. The first-order valence-electron chi connectivity index (χ1n) is 4.27. The Bertz CT molecular complexity index is 336. The molecule has 2 nitrogen and oxygen atoms in total. The largest absolute Gasteiger partial charge is 0.495 e. The number of hydrogen-bond acceptors (Lipinski definition) is 2. The van der Waals surface area contributed by atoms with Gasteiger partial charge in [0.25, 0.3) is 0 Å². The summed E-state index contributed by atoms with van der Waals surface area (Å²) >= 11 is 0. The zero-order valence-corrected chi connectivity index (χ0v) is 8.16. The SMILES string of the molecule is COc1cccc(C(C)C)c1C#N. The van der Waals surface area contributed by atoms with Gasteiger partial charge in [0.15, 0.2) is 0 Å². The molecule has 2 heteroatoms. The highest BCUT2D eigenvalue weighted by Crippen LogP contribution is 2.26. The van der Waals surface area contributed by atoms with Crippen molar-refractivity contribution in [3.63, 3.8) is 0 Å². The summed E-state index contributed by atoms with van der Waals surface area (Å²) < 4.78 is 5.10. The number of hydrogen-bond donors (Lipinski definition) is 0. The van der Waals surface area contributed by atoms with E-state index in [-0.39, 0.29) is 0 Å². The molecule has 0 atom stereocenters. The Balaban J connectivity index is 3.29. The van der Waals surface area contributed by atoms with Crippen LogP contribution in [-0.4, -0.2) is 7.11 Å². The molecular formula is C11H13NO. The highest BCUT2D eigenvalue weighted by molar-refractivity contribution is 5.49. The summed E-state index contributed by atoms with van der Waals surface area (Å²) in [5.41, 5.74) is 1.70. The van der Waals surface area contributed by atoms with E-state index in [0.717, 1.165) is 5.56 Å².